The zero-order valence-corrected chi connectivity index (χ0v) is 23.5. The summed E-state index contributed by atoms with van der Waals surface area (Å²) in [5.41, 5.74) is 5.78. The molecule has 2 heterocycles. The van der Waals surface area contributed by atoms with Crippen molar-refractivity contribution < 1.29 is 28.5 Å². The number of carbonyl (C=O) groups is 2. The second-order valence-electron chi connectivity index (χ2n) is 9.12. The summed E-state index contributed by atoms with van der Waals surface area (Å²) in [6.45, 7) is 0.101. The number of methoxy groups -OCH3 is 1. The lowest BCUT2D eigenvalue weighted by Gasteiger charge is -2.10. The molecule has 6 rings (SSSR count). The van der Waals surface area contributed by atoms with Gasteiger partial charge in [-0.3, -0.25) is 4.79 Å². The molecule has 0 spiro atoms. The van der Waals surface area contributed by atoms with Crippen LogP contribution in [0.3, 0.4) is 0 Å². The third-order valence-electron chi connectivity index (χ3n) is 6.48. The Kier molecular flexibility index (Phi) is 7.43. The van der Waals surface area contributed by atoms with Crippen molar-refractivity contribution in [3.05, 3.63) is 106 Å². The maximum Gasteiger partial charge on any atom is 0.343 e. The van der Waals surface area contributed by atoms with Crippen molar-refractivity contribution in [3.63, 3.8) is 0 Å². The lowest BCUT2D eigenvalue weighted by molar-refractivity contribution is 0.0729. The first kappa shape index (κ1) is 27.2. The Labute approximate surface area is 249 Å². The molecule has 1 aliphatic heterocycles. The van der Waals surface area contributed by atoms with Crippen molar-refractivity contribution in [1.82, 2.24) is 10.4 Å². The molecule has 5 aromatic rings. The molecule has 0 fully saturated rings. The Morgan fingerprint density at radius 1 is 0.952 bits per heavy atom. The van der Waals surface area contributed by atoms with Gasteiger partial charge in [0.2, 0.25) is 6.79 Å². The van der Waals surface area contributed by atoms with E-state index in [1.54, 1.807) is 48.5 Å². The number of nitrogens with one attached hydrogen (secondary N) is 2. The monoisotopic (exact) mass is 601 g/mol. The number of aromatic nitrogens is 1. The molecular formula is C31H21Cl2N3O6. The van der Waals surface area contributed by atoms with Gasteiger partial charge >= 0.3 is 5.97 Å². The fraction of sp³-hybridized carbons (Fsp3) is 0.0645. The molecule has 9 nitrogen and oxygen atoms in total. The minimum absolute atomic E-state index is 0.101. The van der Waals surface area contributed by atoms with Gasteiger partial charge in [0.05, 0.1) is 23.9 Å². The molecule has 0 unspecified atom stereocenters. The van der Waals surface area contributed by atoms with Crippen LogP contribution in [0, 0.1) is 0 Å². The van der Waals surface area contributed by atoms with Crippen LogP contribution in [0.5, 0.6) is 23.0 Å². The van der Waals surface area contributed by atoms with Crippen LogP contribution in [-0.2, 0) is 0 Å². The van der Waals surface area contributed by atoms with Gasteiger partial charge in [-0.25, -0.2) is 10.2 Å². The molecule has 0 aliphatic carbocycles. The van der Waals surface area contributed by atoms with E-state index in [1.165, 1.54) is 13.3 Å². The van der Waals surface area contributed by atoms with E-state index in [1.807, 2.05) is 30.3 Å². The molecule has 1 aliphatic rings. The van der Waals surface area contributed by atoms with Crippen molar-refractivity contribution in [1.29, 1.82) is 0 Å². The topological polar surface area (TPSA) is 111 Å². The molecule has 4 aromatic carbocycles. The van der Waals surface area contributed by atoms with Crippen molar-refractivity contribution in [2.75, 3.05) is 13.9 Å². The molecule has 2 N–H and O–H groups in total. The van der Waals surface area contributed by atoms with Gasteiger partial charge in [0.1, 0.15) is 5.69 Å². The number of benzene rings is 4. The lowest BCUT2D eigenvalue weighted by Crippen LogP contribution is -2.18. The minimum Gasteiger partial charge on any atom is -0.493 e. The number of amides is 1. The maximum atomic E-state index is 13.3. The van der Waals surface area contributed by atoms with Gasteiger partial charge in [0.25, 0.3) is 5.91 Å². The van der Waals surface area contributed by atoms with E-state index < -0.39 is 11.9 Å². The minimum atomic E-state index is -0.589. The summed E-state index contributed by atoms with van der Waals surface area (Å²) in [5.74, 6) is 0.480. The van der Waals surface area contributed by atoms with Crippen LogP contribution < -0.4 is 24.4 Å². The molecule has 1 amide bonds. The highest BCUT2D eigenvalue weighted by Crippen LogP contribution is 2.39. The molecule has 11 heteroatoms. The number of ether oxygens (including phenoxy) is 4. The number of esters is 1. The number of hydrogen-bond acceptors (Lipinski definition) is 7. The third-order valence-corrected chi connectivity index (χ3v) is 7.00. The molecule has 0 saturated carbocycles. The average molecular weight is 602 g/mol. The van der Waals surface area contributed by atoms with Crippen LogP contribution in [0.1, 0.15) is 26.4 Å². The van der Waals surface area contributed by atoms with Crippen molar-refractivity contribution in [3.8, 4) is 34.1 Å². The van der Waals surface area contributed by atoms with Gasteiger partial charge in [-0.1, -0.05) is 53.5 Å². The summed E-state index contributed by atoms with van der Waals surface area (Å²) in [5, 5.41) is 5.65. The van der Waals surface area contributed by atoms with Crippen LogP contribution in [0.25, 0.3) is 22.0 Å². The Morgan fingerprint density at radius 2 is 1.76 bits per heavy atom. The SMILES string of the molecule is COc1cc(C=NNC(=O)c2[nH]c3cc(Cl)cc(Cl)c3c2-c2ccccc2)ccc1OC(=O)c1ccc2c(c1)OCO2. The normalized spacial score (nSPS) is 12.1. The molecule has 0 radical (unpaired) electrons. The molecule has 0 atom stereocenters. The summed E-state index contributed by atoms with van der Waals surface area (Å²) in [6.07, 6.45) is 1.44. The Balaban J connectivity index is 1.20. The molecule has 0 saturated heterocycles. The summed E-state index contributed by atoms with van der Waals surface area (Å²) < 4.78 is 21.6. The predicted octanol–water partition coefficient (Wildman–Crippen LogP) is 6.86. The van der Waals surface area contributed by atoms with E-state index in [4.69, 9.17) is 42.1 Å². The van der Waals surface area contributed by atoms with Crippen LogP contribution >= 0.6 is 23.2 Å². The second kappa shape index (κ2) is 11.5. The fourth-order valence-electron chi connectivity index (χ4n) is 4.56. The van der Waals surface area contributed by atoms with Crippen molar-refractivity contribution in [2.24, 2.45) is 5.10 Å². The predicted molar refractivity (Wildman–Crippen MR) is 159 cm³/mol. The molecular weight excluding hydrogens is 581 g/mol. The van der Waals surface area contributed by atoms with Gasteiger partial charge in [-0.15, -0.1) is 0 Å². The summed E-state index contributed by atoms with van der Waals surface area (Å²) in [6, 6.07) is 22.4. The smallest absolute Gasteiger partial charge is 0.343 e. The molecule has 0 bridgehead atoms. The lowest BCUT2D eigenvalue weighted by atomic mass is 10.0. The van der Waals surface area contributed by atoms with E-state index in [9.17, 15) is 9.59 Å². The number of halogens is 2. The van der Waals surface area contributed by atoms with Gasteiger partial charge in [0, 0.05) is 21.5 Å². The van der Waals surface area contributed by atoms with Crippen molar-refractivity contribution >= 4 is 52.2 Å². The van der Waals surface area contributed by atoms with E-state index >= 15 is 0 Å². The zero-order valence-electron chi connectivity index (χ0n) is 21.9. The van der Waals surface area contributed by atoms with Gasteiger partial charge in [-0.05, 0) is 59.7 Å². The zero-order chi connectivity index (χ0) is 29.2. The first-order chi connectivity index (χ1) is 20.4. The Bertz CT molecular complexity index is 1870. The second-order valence-corrected chi connectivity index (χ2v) is 9.96. The van der Waals surface area contributed by atoms with Gasteiger partial charge < -0.3 is 23.9 Å². The first-order valence-corrected chi connectivity index (χ1v) is 13.4. The van der Waals surface area contributed by atoms with Crippen LogP contribution in [0.2, 0.25) is 10.0 Å². The van der Waals surface area contributed by atoms with E-state index in [0.29, 0.717) is 54.9 Å². The van der Waals surface area contributed by atoms with Crippen molar-refractivity contribution in [2.45, 2.75) is 0 Å². The number of hydrazone groups is 1. The molecule has 42 heavy (non-hydrogen) atoms. The molecule has 210 valence electrons. The summed E-state index contributed by atoms with van der Waals surface area (Å²) >= 11 is 12.7. The largest absolute Gasteiger partial charge is 0.493 e. The number of H-pyrrole nitrogens is 1. The number of rotatable bonds is 7. The number of carbonyl (C=O) groups excluding carboxylic acids is 2. The van der Waals surface area contributed by atoms with Crippen LogP contribution in [-0.4, -0.2) is 37.0 Å². The number of hydrogen-bond donors (Lipinski definition) is 2. The summed E-state index contributed by atoms with van der Waals surface area (Å²) in [4.78, 5) is 29.1. The van der Waals surface area contributed by atoms with Crippen LogP contribution in [0.4, 0.5) is 0 Å². The highest BCUT2D eigenvalue weighted by atomic mass is 35.5. The number of nitrogens with zero attached hydrogens (tertiary/aromatic N) is 1. The van der Waals surface area contributed by atoms with E-state index in [0.717, 1.165) is 5.56 Å². The number of aromatic amines is 1. The molecule has 1 aromatic heterocycles. The maximum absolute atomic E-state index is 13.3. The van der Waals surface area contributed by atoms with Gasteiger partial charge in [0.15, 0.2) is 23.0 Å². The van der Waals surface area contributed by atoms with E-state index in [2.05, 4.69) is 15.5 Å². The van der Waals surface area contributed by atoms with E-state index in [-0.39, 0.29) is 18.2 Å². The summed E-state index contributed by atoms with van der Waals surface area (Å²) in [7, 11) is 1.45. The van der Waals surface area contributed by atoms with Crippen LogP contribution in [0.15, 0.2) is 84.0 Å². The van der Waals surface area contributed by atoms with Gasteiger partial charge in [-0.2, -0.15) is 5.10 Å². The fourth-order valence-corrected chi connectivity index (χ4v) is 5.15. The third kappa shape index (κ3) is 5.35. The number of fused-ring (bicyclic) bond motifs is 2. The Morgan fingerprint density at radius 3 is 2.57 bits per heavy atom. The highest BCUT2D eigenvalue weighted by Gasteiger charge is 2.22. The average Bonchev–Trinajstić information content (AvgIpc) is 3.63. The quantitative estimate of drug-likeness (QED) is 0.0912. The Hall–Kier alpha value is -4.99. The highest BCUT2D eigenvalue weighted by molar-refractivity contribution is 6.40. The first-order valence-electron chi connectivity index (χ1n) is 12.6. The standard InChI is InChI=1S/C31H21Cl2N3O6/c1-39-25-11-17(7-9-24(25)42-31(38)19-8-10-23-26(12-19)41-16-40-23)15-34-36-30(37)29-27(18-5-3-2-4-6-18)28-21(33)13-20(32)14-22(28)35-29/h2-15,35H,16H2,1H3,(H,36,37).